The first-order valence-electron chi connectivity index (χ1n) is 5.23. The Morgan fingerprint density at radius 1 is 1.29 bits per heavy atom. The number of rotatable bonds is 6. The van der Waals surface area contributed by atoms with Crippen molar-refractivity contribution < 1.29 is 4.74 Å². The summed E-state index contributed by atoms with van der Waals surface area (Å²) in [5, 5.41) is 3.06. The van der Waals surface area contributed by atoms with Gasteiger partial charge in [-0.3, -0.25) is 0 Å². The molecule has 2 nitrogen and oxygen atoms in total. The first-order chi connectivity index (χ1) is 6.88. The van der Waals surface area contributed by atoms with Gasteiger partial charge in [0.25, 0.3) is 0 Å². The summed E-state index contributed by atoms with van der Waals surface area (Å²) in [7, 11) is 1.93. The SMILES string of the molecule is CCCc1ccccc1OCCNC. The number of hydrogen-bond donors (Lipinski definition) is 1. The average molecular weight is 193 g/mol. The molecule has 1 aromatic rings. The Hall–Kier alpha value is -1.02. The van der Waals surface area contributed by atoms with Crippen molar-refractivity contribution in [2.45, 2.75) is 19.8 Å². The lowest BCUT2D eigenvalue weighted by Crippen LogP contribution is -2.16. The van der Waals surface area contributed by atoms with Crippen molar-refractivity contribution in [3.05, 3.63) is 29.8 Å². The van der Waals surface area contributed by atoms with Gasteiger partial charge in [0.05, 0.1) is 0 Å². The Kier molecular flexibility index (Phi) is 5.08. The van der Waals surface area contributed by atoms with Crippen molar-refractivity contribution in [1.29, 1.82) is 0 Å². The molecule has 78 valence electrons. The molecule has 0 radical (unpaired) electrons. The molecule has 0 aliphatic heterocycles. The monoisotopic (exact) mass is 193 g/mol. The number of ether oxygens (including phenoxy) is 1. The Morgan fingerprint density at radius 3 is 2.79 bits per heavy atom. The average Bonchev–Trinajstić information content (AvgIpc) is 2.21. The summed E-state index contributed by atoms with van der Waals surface area (Å²) < 4.78 is 5.67. The maximum Gasteiger partial charge on any atom is 0.122 e. The van der Waals surface area contributed by atoms with Crippen LogP contribution in [0.5, 0.6) is 5.75 Å². The number of nitrogens with one attached hydrogen (secondary N) is 1. The van der Waals surface area contributed by atoms with Gasteiger partial charge < -0.3 is 10.1 Å². The summed E-state index contributed by atoms with van der Waals surface area (Å²) in [6, 6.07) is 8.27. The number of benzene rings is 1. The second kappa shape index (κ2) is 6.44. The Bertz CT molecular complexity index is 260. The number of hydrogen-bond acceptors (Lipinski definition) is 2. The zero-order chi connectivity index (χ0) is 10.2. The molecular weight excluding hydrogens is 174 g/mol. The van der Waals surface area contributed by atoms with Gasteiger partial charge >= 0.3 is 0 Å². The fourth-order valence-corrected chi connectivity index (χ4v) is 1.38. The number of likely N-dealkylation sites (N-methyl/N-ethyl adjacent to an activating group) is 1. The van der Waals surface area contributed by atoms with E-state index in [1.807, 2.05) is 19.2 Å². The van der Waals surface area contributed by atoms with E-state index in [1.165, 1.54) is 5.56 Å². The van der Waals surface area contributed by atoms with Crippen LogP contribution in [0, 0.1) is 0 Å². The number of para-hydroxylation sites is 1. The van der Waals surface area contributed by atoms with Gasteiger partial charge in [-0.25, -0.2) is 0 Å². The lowest BCUT2D eigenvalue weighted by molar-refractivity contribution is 0.315. The van der Waals surface area contributed by atoms with Gasteiger partial charge in [0.1, 0.15) is 12.4 Å². The molecule has 0 amide bonds. The molecule has 0 unspecified atom stereocenters. The summed E-state index contributed by atoms with van der Waals surface area (Å²) in [6.45, 7) is 3.81. The molecule has 0 atom stereocenters. The molecule has 1 rings (SSSR count). The highest BCUT2D eigenvalue weighted by Gasteiger charge is 2.00. The van der Waals surface area contributed by atoms with E-state index < -0.39 is 0 Å². The molecule has 1 aromatic carbocycles. The van der Waals surface area contributed by atoms with Gasteiger partial charge in [-0.2, -0.15) is 0 Å². The summed E-state index contributed by atoms with van der Waals surface area (Å²) in [5.74, 6) is 1.03. The topological polar surface area (TPSA) is 21.3 Å². The van der Waals surface area contributed by atoms with Crippen LogP contribution in [0.2, 0.25) is 0 Å². The van der Waals surface area contributed by atoms with E-state index in [-0.39, 0.29) is 0 Å². The van der Waals surface area contributed by atoms with Crippen LogP contribution < -0.4 is 10.1 Å². The lowest BCUT2D eigenvalue weighted by Gasteiger charge is -2.10. The van der Waals surface area contributed by atoms with E-state index >= 15 is 0 Å². The van der Waals surface area contributed by atoms with E-state index in [1.54, 1.807) is 0 Å². The lowest BCUT2D eigenvalue weighted by atomic mass is 10.1. The van der Waals surface area contributed by atoms with E-state index in [9.17, 15) is 0 Å². The molecule has 0 heterocycles. The van der Waals surface area contributed by atoms with Gasteiger partial charge in [-0.05, 0) is 25.1 Å². The van der Waals surface area contributed by atoms with Crippen LogP contribution in [-0.2, 0) is 6.42 Å². The van der Waals surface area contributed by atoms with Crippen LogP contribution in [0.15, 0.2) is 24.3 Å². The van der Waals surface area contributed by atoms with Crippen LogP contribution in [-0.4, -0.2) is 20.2 Å². The van der Waals surface area contributed by atoms with E-state index in [0.717, 1.165) is 31.7 Å². The molecule has 0 aliphatic rings. The molecule has 0 saturated carbocycles. The van der Waals surface area contributed by atoms with Crippen molar-refractivity contribution in [3.8, 4) is 5.75 Å². The van der Waals surface area contributed by atoms with Gasteiger partial charge in [0.15, 0.2) is 0 Å². The minimum atomic E-state index is 0.733. The largest absolute Gasteiger partial charge is 0.492 e. The maximum absolute atomic E-state index is 5.67. The van der Waals surface area contributed by atoms with Crippen molar-refractivity contribution in [2.24, 2.45) is 0 Å². The highest BCUT2D eigenvalue weighted by Crippen LogP contribution is 2.19. The molecular formula is C12H19NO. The zero-order valence-electron chi connectivity index (χ0n) is 9.05. The molecule has 1 N–H and O–H groups in total. The summed E-state index contributed by atoms with van der Waals surface area (Å²) in [4.78, 5) is 0. The first-order valence-corrected chi connectivity index (χ1v) is 5.23. The Labute approximate surface area is 86.3 Å². The van der Waals surface area contributed by atoms with Crippen LogP contribution >= 0.6 is 0 Å². The fourth-order valence-electron chi connectivity index (χ4n) is 1.38. The Morgan fingerprint density at radius 2 is 2.07 bits per heavy atom. The molecule has 0 spiro atoms. The highest BCUT2D eigenvalue weighted by molar-refractivity contribution is 5.33. The molecule has 0 aliphatic carbocycles. The van der Waals surface area contributed by atoms with Crippen LogP contribution in [0.3, 0.4) is 0 Å². The molecule has 0 fully saturated rings. The van der Waals surface area contributed by atoms with E-state index in [0.29, 0.717) is 0 Å². The van der Waals surface area contributed by atoms with E-state index in [2.05, 4.69) is 24.4 Å². The molecule has 0 aromatic heterocycles. The normalized spacial score (nSPS) is 10.1. The maximum atomic E-state index is 5.67. The quantitative estimate of drug-likeness (QED) is 0.700. The van der Waals surface area contributed by atoms with Gasteiger partial charge in [-0.15, -0.1) is 0 Å². The fraction of sp³-hybridized carbons (Fsp3) is 0.500. The second-order valence-corrected chi connectivity index (χ2v) is 3.31. The number of aryl methyl sites for hydroxylation is 1. The van der Waals surface area contributed by atoms with Crippen molar-refractivity contribution in [1.82, 2.24) is 5.32 Å². The van der Waals surface area contributed by atoms with Crippen molar-refractivity contribution in [3.63, 3.8) is 0 Å². The minimum absolute atomic E-state index is 0.733. The van der Waals surface area contributed by atoms with Crippen LogP contribution in [0.25, 0.3) is 0 Å². The third-order valence-electron chi connectivity index (χ3n) is 2.10. The molecule has 2 heteroatoms. The standard InChI is InChI=1S/C12H19NO/c1-3-6-11-7-4-5-8-12(11)14-10-9-13-2/h4-5,7-8,13H,3,6,9-10H2,1-2H3. The summed E-state index contributed by atoms with van der Waals surface area (Å²) in [6.07, 6.45) is 2.25. The molecule has 0 saturated heterocycles. The highest BCUT2D eigenvalue weighted by atomic mass is 16.5. The minimum Gasteiger partial charge on any atom is -0.492 e. The van der Waals surface area contributed by atoms with Gasteiger partial charge in [0.2, 0.25) is 0 Å². The third kappa shape index (κ3) is 3.38. The van der Waals surface area contributed by atoms with Crippen molar-refractivity contribution in [2.75, 3.05) is 20.2 Å². The smallest absolute Gasteiger partial charge is 0.122 e. The summed E-state index contributed by atoms with van der Waals surface area (Å²) in [5.41, 5.74) is 1.31. The van der Waals surface area contributed by atoms with Crippen LogP contribution in [0.4, 0.5) is 0 Å². The van der Waals surface area contributed by atoms with Crippen molar-refractivity contribution >= 4 is 0 Å². The second-order valence-electron chi connectivity index (χ2n) is 3.31. The van der Waals surface area contributed by atoms with Crippen LogP contribution in [0.1, 0.15) is 18.9 Å². The summed E-state index contributed by atoms with van der Waals surface area (Å²) >= 11 is 0. The molecule has 0 bridgehead atoms. The van der Waals surface area contributed by atoms with Gasteiger partial charge in [-0.1, -0.05) is 31.5 Å². The first kappa shape index (κ1) is 11.1. The predicted octanol–water partition coefficient (Wildman–Crippen LogP) is 2.24. The zero-order valence-corrected chi connectivity index (χ0v) is 9.05. The third-order valence-corrected chi connectivity index (χ3v) is 2.10. The Balaban J connectivity index is 2.55. The predicted molar refractivity (Wildman–Crippen MR) is 59.9 cm³/mol. The van der Waals surface area contributed by atoms with E-state index in [4.69, 9.17) is 4.74 Å². The van der Waals surface area contributed by atoms with Gasteiger partial charge in [0, 0.05) is 6.54 Å². The molecule has 14 heavy (non-hydrogen) atoms.